The van der Waals surface area contributed by atoms with Crippen molar-refractivity contribution in [2.45, 2.75) is 31.6 Å². The summed E-state index contributed by atoms with van der Waals surface area (Å²) in [7, 11) is 0. The van der Waals surface area contributed by atoms with Crippen molar-refractivity contribution < 1.29 is 8.78 Å². The van der Waals surface area contributed by atoms with Crippen LogP contribution >= 0.6 is 0 Å². The Kier molecular flexibility index (Phi) is 4.32. The highest BCUT2D eigenvalue weighted by Gasteiger charge is 2.40. The van der Waals surface area contributed by atoms with E-state index in [2.05, 4.69) is 15.3 Å². The summed E-state index contributed by atoms with van der Waals surface area (Å²) in [5.74, 6) is -3.12. The third-order valence-electron chi connectivity index (χ3n) is 4.22. The maximum absolute atomic E-state index is 13.9. The smallest absolute Gasteiger partial charge is 0.252 e. The number of nitrogens with zero attached hydrogens (tertiary/aromatic N) is 2. The Morgan fingerprint density at radius 3 is 2.73 bits per heavy atom. The molecule has 0 amide bonds. The van der Waals surface area contributed by atoms with Crippen LogP contribution in [-0.2, 0) is 0 Å². The van der Waals surface area contributed by atoms with Gasteiger partial charge in [0.15, 0.2) is 0 Å². The van der Waals surface area contributed by atoms with E-state index in [0.29, 0.717) is 19.4 Å². The molecule has 0 radical (unpaired) electrons. The fourth-order valence-corrected chi connectivity index (χ4v) is 2.92. The highest BCUT2D eigenvalue weighted by Crippen LogP contribution is 2.38. The molecule has 1 aromatic heterocycles. The molecule has 1 aliphatic carbocycles. The van der Waals surface area contributed by atoms with Crippen molar-refractivity contribution in [2.75, 3.05) is 11.9 Å². The minimum Gasteiger partial charge on any atom is -0.385 e. The maximum atomic E-state index is 13.9. The molecule has 1 saturated carbocycles. The first kappa shape index (κ1) is 14.9. The molecule has 0 aliphatic heterocycles. The Morgan fingerprint density at radius 1 is 1.14 bits per heavy atom. The fourth-order valence-electron chi connectivity index (χ4n) is 2.92. The van der Waals surface area contributed by atoms with Gasteiger partial charge in [-0.15, -0.1) is 0 Å². The summed E-state index contributed by atoms with van der Waals surface area (Å²) >= 11 is 0. The molecule has 3 nitrogen and oxygen atoms in total. The molecule has 0 bridgehead atoms. The molecule has 0 saturated heterocycles. The van der Waals surface area contributed by atoms with Crippen molar-refractivity contribution >= 4 is 5.69 Å². The summed E-state index contributed by atoms with van der Waals surface area (Å²) in [6.07, 6.45) is 7.09. The number of hydrogen-bond acceptors (Lipinski definition) is 3. The van der Waals surface area contributed by atoms with Crippen LogP contribution in [0.5, 0.6) is 0 Å². The first-order chi connectivity index (χ1) is 10.6. The van der Waals surface area contributed by atoms with E-state index in [0.717, 1.165) is 23.2 Å². The second-order valence-corrected chi connectivity index (χ2v) is 5.79. The zero-order valence-corrected chi connectivity index (χ0v) is 12.3. The van der Waals surface area contributed by atoms with Crippen LogP contribution in [0.3, 0.4) is 0 Å². The molecular weight excluding hydrogens is 284 g/mol. The number of hydrogen-bond donors (Lipinski definition) is 1. The average Bonchev–Trinajstić information content (AvgIpc) is 2.55. The molecule has 1 unspecified atom stereocenters. The standard InChI is InChI=1S/C17H19F2N3/c18-17(19)7-2-1-5-15(17)11-22-16-6-3-4-13(8-16)14-9-20-12-21-10-14/h3-4,6,8-10,12,15,22H,1-2,5,7,11H2. The summed E-state index contributed by atoms with van der Waals surface area (Å²) in [6, 6.07) is 7.71. The predicted molar refractivity (Wildman–Crippen MR) is 82.9 cm³/mol. The lowest BCUT2D eigenvalue weighted by Crippen LogP contribution is -2.36. The summed E-state index contributed by atoms with van der Waals surface area (Å²) < 4.78 is 27.7. The molecule has 1 atom stereocenters. The monoisotopic (exact) mass is 303 g/mol. The molecule has 5 heteroatoms. The van der Waals surface area contributed by atoms with E-state index in [1.54, 1.807) is 12.4 Å². The molecule has 1 aliphatic rings. The topological polar surface area (TPSA) is 37.8 Å². The second-order valence-electron chi connectivity index (χ2n) is 5.79. The number of aromatic nitrogens is 2. The summed E-state index contributed by atoms with van der Waals surface area (Å²) in [6.45, 7) is 0.307. The Balaban J connectivity index is 1.68. The lowest BCUT2D eigenvalue weighted by atomic mass is 9.85. The van der Waals surface area contributed by atoms with Gasteiger partial charge in [-0.05, 0) is 30.5 Å². The Morgan fingerprint density at radius 2 is 1.95 bits per heavy atom. The van der Waals surface area contributed by atoms with Gasteiger partial charge < -0.3 is 5.32 Å². The van der Waals surface area contributed by atoms with E-state index in [-0.39, 0.29) is 6.42 Å². The first-order valence-electron chi connectivity index (χ1n) is 7.62. The van der Waals surface area contributed by atoms with Crippen molar-refractivity contribution in [1.29, 1.82) is 0 Å². The van der Waals surface area contributed by atoms with Crippen molar-refractivity contribution in [1.82, 2.24) is 9.97 Å². The fraction of sp³-hybridized carbons (Fsp3) is 0.412. The van der Waals surface area contributed by atoms with Gasteiger partial charge in [-0.1, -0.05) is 18.6 Å². The number of benzene rings is 1. The normalized spacial score (nSPS) is 20.5. The van der Waals surface area contributed by atoms with Crippen LogP contribution in [0.25, 0.3) is 11.1 Å². The van der Waals surface area contributed by atoms with Crippen LogP contribution in [0.4, 0.5) is 14.5 Å². The minimum absolute atomic E-state index is 0.0146. The average molecular weight is 303 g/mol. The van der Waals surface area contributed by atoms with Crippen LogP contribution in [0.15, 0.2) is 43.0 Å². The number of rotatable bonds is 4. The summed E-state index contributed by atoms with van der Waals surface area (Å²) in [5, 5.41) is 3.16. The molecule has 1 N–H and O–H groups in total. The molecule has 1 fully saturated rings. The van der Waals surface area contributed by atoms with E-state index in [1.807, 2.05) is 24.3 Å². The van der Waals surface area contributed by atoms with Gasteiger partial charge in [0.05, 0.1) is 0 Å². The van der Waals surface area contributed by atoms with Crippen LogP contribution in [0, 0.1) is 5.92 Å². The molecular formula is C17H19F2N3. The van der Waals surface area contributed by atoms with E-state index in [4.69, 9.17) is 0 Å². The van der Waals surface area contributed by atoms with Crippen molar-refractivity contribution in [2.24, 2.45) is 5.92 Å². The SMILES string of the molecule is FC1(F)CCCCC1CNc1cccc(-c2cncnc2)c1. The molecule has 0 spiro atoms. The van der Waals surface area contributed by atoms with Crippen LogP contribution < -0.4 is 5.32 Å². The first-order valence-corrected chi connectivity index (χ1v) is 7.62. The van der Waals surface area contributed by atoms with Crippen molar-refractivity contribution in [3.8, 4) is 11.1 Å². The molecule has 116 valence electrons. The lowest BCUT2D eigenvalue weighted by molar-refractivity contribution is -0.0802. The van der Waals surface area contributed by atoms with Crippen LogP contribution in [0.1, 0.15) is 25.7 Å². The third kappa shape index (κ3) is 3.40. The van der Waals surface area contributed by atoms with Gasteiger partial charge in [-0.3, -0.25) is 0 Å². The quantitative estimate of drug-likeness (QED) is 0.910. The summed E-state index contributed by atoms with van der Waals surface area (Å²) in [5.41, 5.74) is 2.73. The summed E-state index contributed by atoms with van der Waals surface area (Å²) in [4.78, 5) is 8.00. The van der Waals surface area contributed by atoms with Gasteiger partial charge in [0.25, 0.3) is 5.92 Å². The number of nitrogens with one attached hydrogen (secondary N) is 1. The van der Waals surface area contributed by atoms with Gasteiger partial charge in [0.1, 0.15) is 6.33 Å². The molecule has 2 aromatic rings. The zero-order chi connectivity index (χ0) is 15.4. The van der Waals surface area contributed by atoms with Gasteiger partial charge in [0.2, 0.25) is 0 Å². The number of anilines is 1. The van der Waals surface area contributed by atoms with Crippen molar-refractivity contribution in [3.05, 3.63) is 43.0 Å². The van der Waals surface area contributed by atoms with Crippen LogP contribution in [-0.4, -0.2) is 22.4 Å². The second kappa shape index (κ2) is 6.38. The van der Waals surface area contributed by atoms with E-state index < -0.39 is 11.8 Å². The Hall–Kier alpha value is -2.04. The largest absolute Gasteiger partial charge is 0.385 e. The van der Waals surface area contributed by atoms with E-state index in [9.17, 15) is 8.78 Å². The number of halogens is 2. The molecule has 1 aromatic carbocycles. The van der Waals surface area contributed by atoms with Gasteiger partial charge >= 0.3 is 0 Å². The number of alkyl halides is 2. The highest BCUT2D eigenvalue weighted by atomic mass is 19.3. The lowest BCUT2D eigenvalue weighted by Gasteiger charge is -2.31. The maximum Gasteiger partial charge on any atom is 0.252 e. The van der Waals surface area contributed by atoms with Crippen molar-refractivity contribution in [3.63, 3.8) is 0 Å². The zero-order valence-electron chi connectivity index (χ0n) is 12.3. The van der Waals surface area contributed by atoms with Gasteiger partial charge in [-0.25, -0.2) is 18.7 Å². The molecule has 1 heterocycles. The Bertz CT molecular complexity index is 616. The van der Waals surface area contributed by atoms with Gasteiger partial charge in [-0.2, -0.15) is 0 Å². The molecule has 22 heavy (non-hydrogen) atoms. The molecule has 3 rings (SSSR count). The third-order valence-corrected chi connectivity index (χ3v) is 4.22. The minimum atomic E-state index is -2.55. The predicted octanol–water partition coefficient (Wildman–Crippen LogP) is 4.38. The van der Waals surface area contributed by atoms with E-state index >= 15 is 0 Å². The van der Waals surface area contributed by atoms with Gasteiger partial charge in [0, 0.05) is 42.5 Å². The highest BCUT2D eigenvalue weighted by molar-refractivity contribution is 5.66. The van der Waals surface area contributed by atoms with E-state index in [1.165, 1.54) is 6.33 Å². The van der Waals surface area contributed by atoms with Crippen LogP contribution in [0.2, 0.25) is 0 Å². The Labute approximate surface area is 128 Å².